The summed E-state index contributed by atoms with van der Waals surface area (Å²) in [6.07, 6.45) is 0. The van der Waals surface area contributed by atoms with Gasteiger partial charge in [-0.3, -0.25) is 14.4 Å². The summed E-state index contributed by atoms with van der Waals surface area (Å²) in [6.45, 7) is 6.53. The summed E-state index contributed by atoms with van der Waals surface area (Å²) in [7, 11) is 8.36. The van der Waals surface area contributed by atoms with Crippen molar-refractivity contribution in [2.45, 2.75) is 23.7 Å². The molecular formula is C57H62N4O3. The van der Waals surface area contributed by atoms with Crippen molar-refractivity contribution in [3.63, 3.8) is 0 Å². The summed E-state index contributed by atoms with van der Waals surface area (Å²) in [4.78, 5) is 52.4. The zero-order valence-electron chi connectivity index (χ0n) is 37.8. The molecule has 8 rings (SSSR count). The van der Waals surface area contributed by atoms with Crippen LogP contribution < -0.4 is 0 Å². The lowest BCUT2D eigenvalue weighted by Gasteiger charge is -2.44. The van der Waals surface area contributed by atoms with Gasteiger partial charge < -0.3 is 19.6 Å². The Hall–Kier alpha value is -5.83. The van der Waals surface area contributed by atoms with Crippen molar-refractivity contribution in [2.24, 2.45) is 11.8 Å². The molecule has 0 aliphatic carbocycles. The first-order chi connectivity index (χ1) is 31.1. The molecule has 0 aromatic heterocycles. The van der Waals surface area contributed by atoms with Gasteiger partial charge in [0, 0.05) is 110 Å². The predicted molar refractivity (Wildman–Crippen MR) is 259 cm³/mol. The first kappa shape index (κ1) is 44.8. The minimum Gasteiger partial charge on any atom is -0.308 e. The van der Waals surface area contributed by atoms with Crippen LogP contribution in [0.4, 0.5) is 0 Å². The van der Waals surface area contributed by atoms with E-state index in [1.807, 2.05) is 97.1 Å². The third kappa shape index (κ3) is 10.4. The van der Waals surface area contributed by atoms with Crippen LogP contribution in [-0.4, -0.2) is 117 Å². The van der Waals surface area contributed by atoms with Crippen LogP contribution in [0.1, 0.15) is 82.6 Å². The van der Waals surface area contributed by atoms with Crippen LogP contribution in [0.15, 0.2) is 170 Å². The minimum absolute atomic E-state index is 0.0282. The first-order valence-corrected chi connectivity index (χ1v) is 22.9. The molecule has 6 aromatic rings. The number of ketones is 3. The molecule has 2 fully saturated rings. The molecular weight excluding hydrogens is 789 g/mol. The van der Waals surface area contributed by atoms with E-state index in [2.05, 4.69) is 121 Å². The zero-order chi connectivity index (χ0) is 44.6. The maximum absolute atomic E-state index is 14.4. The lowest BCUT2D eigenvalue weighted by Crippen LogP contribution is -2.48. The summed E-state index contributed by atoms with van der Waals surface area (Å²) in [5, 5.41) is 0. The molecule has 2 heterocycles. The van der Waals surface area contributed by atoms with E-state index >= 15 is 0 Å². The van der Waals surface area contributed by atoms with Gasteiger partial charge in [-0.05, 0) is 50.4 Å². The van der Waals surface area contributed by atoms with Gasteiger partial charge in [0.15, 0.2) is 17.3 Å². The topological polar surface area (TPSA) is 64.2 Å². The molecule has 6 aromatic carbocycles. The average molecular weight is 851 g/mol. The average Bonchev–Trinajstić information content (AvgIpc) is 3.35. The molecule has 0 amide bonds. The third-order valence-electron chi connectivity index (χ3n) is 13.6. The maximum Gasteiger partial charge on any atom is 0.193 e. The van der Waals surface area contributed by atoms with Gasteiger partial charge in [0.2, 0.25) is 0 Å². The fourth-order valence-corrected chi connectivity index (χ4v) is 10.3. The van der Waals surface area contributed by atoms with Crippen molar-refractivity contribution >= 4 is 17.3 Å². The first-order valence-electron chi connectivity index (χ1n) is 22.9. The van der Waals surface area contributed by atoms with Crippen molar-refractivity contribution in [1.82, 2.24) is 19.6 Å². The second-order valence-corrected chi connectivity index (χ2v) is 18.5. The van der Waals surface area contributed by atoms with Crippen LogP contribution in [0.3, 0.4) is 0 Å². The van der Waals surface area contributed by atoms with Crippen molar-refractivity contribution < 1.29 is 14.4 Å². The highest BCUT2D eigenvalue weighted by atomic mass is 16.1. The van der Waals surface area contributed by atoms with E-state index in [9.17, 15) is 14.4 Å². The monoisotopic (exact) mass is 850 g/mol. The highest BCUT2D eigenvalue weighted by molar-refractivity contribution is 6.09. The molecule has 64 heavy (non-hydrogen) atoms. The number of Topliss-reactive ketones (excluding diaryl/α,β-unsaturated/α-hetero) is 2. The second-order valence-electron chi connectivity index (χ2n) is 18.5. The molecule has 2 unspecified atom stereocenters. The van der Waals surface area contributed by atoms with E-state index in [1.165, 1.54) is 11.1 Å². The van der Waals surface area contributed by atoms with Gasteiger partial charge >= 0.3 is 0 Å². The van der Waals surface area contributed by atoms with Crippen LogP contribution in [0.5, 0.6) is 0 Å². The molecule has 2 aliphatic rings. The van der Waals surface area contributed by atoms with E-state index in [1.54, 1.807) is 0 Å². The predicted octanol–water partition coefficient (Wildman–Crippen LogP) is 9.41. The molecule has 0 radical (unpaired) electrons. The molecule has 2 aliphatic heterocycles. The number of nitrogens with zero attached hydrogens (tertiary/aromatic N) is 4. The number of hydrogen-bond donors (Lipinski definition) is 0. The third-order valence-corrected chi connectivity index (χ3v) is 13.6. The Morgan fingerprint density at radius 3 is 1.06 bits per heavy atom. The fourth-order valence-electron chi connectivity index (χ4n) is 10.3. The number of likely N-dealkylation sites (N-methyl/N-ethyl adjacent to an activating group) is 2. The molecule has 0 N–H and O–H groups in total. The molecule has 6 atom stereocenters. The van der Waals surface area contributed by atoms with E-state index in [0.717, 1.165) is 61.5 Å². The maximum atomic E-state index is 14.4. The van der Waals surface area contributed by atoms with E-state index < -0.39 is 0 Å². The Bertz CT molecular complexity index is 2270. The van der Waals surface area contributed by atoms with E-state index in [0.29, 0.717) is 24.2 Å². The van der Waals surface area contributed by atoms with Gasteiger partial charge in [-0.2, -0.15) is 0 Å². The van der Waals surface area contributed by atoms with Crippen molar-refractivity contribution in [3.05, 3.63) is 214 Å². The molecule has 0 bridgehead atoms. The van der Waals surface area contributed by atoms with Crippen LogP contribution in [0.25, 0.3) is 0 Å². The molecule has 0 spiro atoms. The Balaban J connectivity index is 1.08. The summed E-state index contributed by atoms with van der Waals surface area (Å²) in [6, 6.07) is 56.8. The highest BCUT2D eigenvalue weighted by Crippen LogP contribution is 2.46. The van der Waals surface area contributed by atoms with Crippen molar-refractivity contribution in [2.75, 3.05) is 80.5 Å². The number of likely N-dealkylation sites (tertiary alicyclic amines) is 2. The molecule has 0 saturated carbocycles. The number of rotatable bonds is 16. The van der Waals surface area contributed by atoms with Gasteiger partial charge in [0.1, 0.15) is 0 Å². The Morgan fingerprint density at radius 1 is 0.406 bits per heavy atom. The van der Waals surface area contributed by atoms with Gasteiger partial charge in [-0.1, -0.05) is 170 Å². The molecule has 7 heteroatoms. The molecule has 7 nitrogen and oxygen atoms in total. The largest absolute Gasteiger partial charge is 0.308 e. The highest BCUT2D eigenvalue weighted by Gasteiger charge is 2.44. The molecule has 2 saturated heterocycles. The Labute approximate surface area is 380 Å². The summed E-state index contributed by atoms with van der Waals surface area (Å²) < 4.78 is 0. The quantitative estimate of drug-likeness (QED) is 0.0900. The van der Waals surface area contributed by atoms with Crippen molar-refractivity contribution in [1.29, 1.82) is 0 Å². The zero-order valence-corrected chi connectivity index (χ0v) is 37.8. The fraction of sp³-hybridized carbons (Fsp3) is 0.316. The second kappa shape index (κ2) is 20.8. The van der Waals surface area contributed by atoms with E-state index in [4.69, 9.17) is 0 Å². The minimum atomic E-state index is -0.233. The van der Waals surface area contributed by atoms with Crippen LogP contribution in [-0.2, 0) is 0 Å². The number of hydrogen-bond acceptors (Lipinski definition) is 7. The Kier molecular flexibility index (Phi) is 14.5. The summed E-state index contributed by atoms with van der Waals surface area (Å²) >= 11 is 0. The lowest BCUT2D eigenvalue weighted by molar-refractivity contribution is 0.0723. The number of benzene rings is 6. The van der Waals surface area contributed by atoms with Crippen LogP contribution in [0.2, 0.25) is 0 Å². The van der Waals surface area contributed by atoms with Crippen LogP contribution >= 0.6 is 0 Å². The number of carbonyl (C=O) groups is 3. The smallest absolute Gasteiger partial charge is 0.193 e. The lowest BCUT2D eigenvalue weighted by atomic mass is 9.68. The van der Waals surface area contributed by atoms with Gasteiger partial charge in [-0.15, -0.1) is 0 Å². The standard InChI is InChI=1S/C57H62N4O3/c1-58(2)33-35-60-37-49(53(43-17-9-5-10-18-43)51(39-60)56(63)45-21-13-7-14-22-45)41-25-29-47(30-26-41)55(62)48-31-27-42(28-32-48)50-38-61(36-34-59(3)4)40-52(54(50)44-19-11-6-12-20-44)57(64)46-23-15-8-16-24-46/h5-32,49-54H,33-40H2,1-4H3/t49-,50-,51+,52+,53?,54?/m0/s1. The molecule has 328 valence electrons. The van der Waals surface area contributed by atoms with Gasteiger partial charge in [0.05, 0.1) is 0 Å². The number of carbonyl (C=O) groups excluding carboxylic acids is 3. The van der Waals surface area contributed by atoms with Gasteiger partial charge in [-0.25, -0.2) is 0 Å². The summed E-state index contributed by atoms with van der Waals surface area (Å²) in [5.41, 5.74) is 7.34. The normalized spacial score (nSPS) is 21.8. The van der Waals surface area contributed by atoms with Crippen LogP contribution in [0, 0.1) is 11.8 Å². The SMILES string of the molecule is CN(C)CCN1C[C@@H](C(=O)c2ccccc2)C(c2ccccc2)[C@H](c2ccc(C(=O)c3ccc([C@@H]4CN(CCN(C)C)C[C@@H](C(=O)c5ccccc5)C4c4ccccc4)cc3)cc2)C1. The van der Waals surface area contributed by atoms with Gasteiger partial charge in [0.25, 0.3) is 0 Å². The van der Waals surface area contributed by atoms with E-state index in [-0.39, 0.29) is 52.9 Å². The number of piperidine rings is 2. The summed E-state index contributed by atoms with van der Waals surface area (Å²) in [5.74, 6) is -0.118. The van der Waals surface area contributed by atoms with Crippen molar-refractivity contribution in [3.8, 4) is 0 Å². The Morgan fingerprint density at radius 2 is 0.734 bits per heavy atom.